The molecule has 11 heavy (non-hydrogen) atoms. The van der Waals surface area contributed by atoms with Crippen molar-refractivity contribution in [3.8, 4) is 0 Å². The highest BCUT2D eigenvalue weighted by atomic mass is 19.3. The summed E-state index contributed by atoms with van der Waals surface area (Å²) < 4.78 is 22.5. The van der Waals surface area contributed by atoms with Crippen molar-refractivity contribution in [1.29, 1.82) is 0 Å². The Morgan fingerprint density at radius 1 is 1.64 bits per heavy atom. The maximum Gasteiger partial charge on any atom is 0.360 e. The summed E-state index contributed by atoms with van der Waals surface area (Å²) >= 11 is 0. The molecule has 3 N–H and O–H groups in total. The molecule has 0 rings (SSSR count). The van der Waals surface area contributed by atoms with Crippen LogP contribution in [-0.2, 0) is 9.63 Å². The van der Waals surface area contributed by atoms with Crippen molar-refractivity contribution in [2.75, 3.05) is 6.61 Å². The number of carboxylic acids is 1. The Balaban J connectivity index is 3.61. The summed E-state index contributed by atoms with van der Waals surface area (Å²) in [6, 6.07) is -1.52. The summed E-state index contributed by atoms with van der Waals surface area (Å²) in [5, 5.41) is 16.4. The number of carbonyl (C=O) groups is 1. The van der Waals surface area contributed by atoms with Gasteiger partial charge in [-0.05, 0) is 0 Å². The Hall–Kier alpha value is -0.790. The van der Waals surface area contributed by atoms with Crippen molar-refractivity contribution in [2.45, 2.75) is 12.7 Å². The number of carboxylic acid groups (broad SMARTS) is 1. The number of alkyl halides is 2. The maximum absolute atomic E-state index is 11.2. The zero-order valence-corrected chi connectivity index (χ0v) is 5.33. The van der Waals surface area contributed by atoms with Crippen molar-refractivity contribution >= 4 is 5.97 Å². The molecule has 0 radical (unpaired) electrons. The van der Waals surface area contributed by atoms with Gasteiger partial charge in [0.1, 0.15) is 0 Å². The van der Waals surface area contributed by atoms with Gasteiger partial charge in [-0.3, -0.25) is 4.79 Å². The van der Waals surface area contributed by atoms with Crippen molar-refractivity contribution in [3.05, 3.63) is 0 Å². The van der Waals surface area contributed by atoms with Crippen LogP contribution >= 0.6 is 0 Å². The van der Waals surface area contributed by atoms with E-state index in [-0.39, 0.29) is 0 Å². The molecule has 1 atom stereocenters. The molecule has 0 aromatic carbocycles. The fraction of sp³-hybridized carbons (Fsp3) is 0.750. The standard InChI is InChI=1S/C4H7F2NO4/c5-4(6)11-7-2(1-8)3(9)10/h2,4,7-8H,1H2,(H,9,10)/t2-/m0/s1. The Kier molecular flexibility index (Phi) is 4.59. The van der Waals surface area contributed by atoms with Crippen LogP contribution < -0.4 is 5.48 Å². The highest BCUT2D eigenvalue weighted by Gasteiger charge is 2.17. The molecule has 0 aliphatic rings. The summed E-state index contributed by atoms with van der Waals surface area (Å²) in [5.41, 5.74) is 1.47. The Labute approximate surface area is 60.5 Å². The first-order chi connectivity index (χ1) is 5.07. The lowest BCUT2D eigenvalue weighted by Gasteiger charge is -2.09. The van der Waals surface area contributed by atoms with E-state index in [1.54, 1.807) is 0 Å². The molecule has 0 bridgehead atoms. The minimum atomic E-state index is -3.11. The Morgan fingerprint density at radius 2 is 2.18 bits per heavy atom. The van der Waals surface area contributed by atoms with E-state index in [1.807, 2.05) is 0 Å². The van der Waals surface area contributed by atoms with Crippen molar-refractivity contribution in [3.63, 3.8) is 0 Å². The largest absolute Gasteiger partial charge is 0.480 e. The van der Waals surface area contributed by atoms with E-state index < -0.39 is 25.2 Å². The predicted molar refractivity (Wildman–Crippen MR) is 28.7 cm³/mol. The van der Waals surface area contributed by atoms with Crippen LogP contribution in [0.4, 0.5) is 8.78 Å². The Morgan fingerprint density at radius 3 is 2.45 bits per heavy atom. The molecule has 0 aliphatic heterocycles. The molecule has 0 saturated carbocycles. The van der Waals surface area contributed by atoms with E-state index in [1.165, 1.54) is 5.48 Å². The molecule has 0 fully saturated rings. The van der Waals surface area contributed by atoms with E-state index in [0.29, 0.717) is 0 Å². The molecule has 0 spiro atoms. The van der Waals surface area contributed by atoms with Crippen LogP contribution in [0.5, 0.6) is 0 Å². The van der Waals surface area contributed by atoms with Gasteiger partial charge in [0.2, 0.25) is 0 Å². The normalized spacial score (nSPS) is 13.5. The monoisotopic (exact) mass is 171 g/mol. The lowest BCUT2D eigenvalue weighted by atomic mass is 10.3. The maximum atomic E-state index is 11.2. The first kappa shape index (κ1) is 10.2. The number of hydroxylamine groups is 1. The quantitative estimate of drug-likeness (QED) is 0.471. The molecule has 0 heterocycles. The average Bonchev–Trinajstić information content (AvgIpc) is 1.87. The third kappa shape index (κ3) is 4.59. The second-order valence-corrected chi connectivity index (χ2v) is 1.57. The van der Waals surface area contributed by atoms with E-state index in [2.05, 4.69) is 4.84 Å². The molecular formula is C4H7F2NO4. The van der Waals surface area contributed by atoms with Gasteiger partial charge >= 0.3 is 12.6 Å². The molecule has 0 amide bonds. The minimum absolute atomic E-state index is 0.817. The topological polar surface area (TPSA) is 78.8 Å². The van der Waals surface area contributed by atoms with E-state index in [9.17, 15) is 13.6 Å². The summed E-state index contributed by atoms with van der Waals surface area (Å²) in [4.78, 5) is 13.4. The number of hydrogen-bond donors (Lipinski definition) is 3. The van der Waals surface area contributed by atoms with Gasteiger partial charge in [-0.15, -0.1) is 0 Å². The lowest BCUT2D eigenvalue weighted by molar-refractivity contribution is -0.190. The number of aliphatic hydroxyl groups is 1. The zero-order valence-electron chi connectivity index (χ0n) is 5.33. The Bertz CT molecular complexity index is 131. The molecule has 0 unspecified atom stereocenters. The van der Waals surface area contributed by atoms with Gasteiger partial charge in [0.25, 0.3) is 0 Å². The van der Waals surface area contributed by atoms with Gasteiger partial charge in [-0.1, -0.05) is 0 Å². The number of halogens is 2. The number of aliphatic hydroxyl groups excluding tert-OH is 1. The SMILES string of the molecule is O=C(O)[C@H](CO)NOC(F)F. The van der Waals surface area contributed by atoms with E-state index in [4.69, 9.17) is 10.2 Å². The van der Waals surface area contributed by atoms with Gasteiger partial charge in [0, 0.05) is 0 Å². The molecule has 0 aliphatic carbocycles. The van der Waals surface area contributed by atoms with Crippen LogP contribution in [-0.4, -0.2) is 35.4 Å². The van der Waals surface area contributed by atoms with Crippen molar-refractivity contribution < 1.29 is 28.6 Å². The second-order valence-electron chi connectivity index (χ2n) is 1.57. The zero-order chi connectivity index (χ0) is 8.85. The second kappa shape index (κ2) is 4.94. The molecule has 0 aromatic heterocycles. The first-order valence-electron chi connectivity index (χ1n) is 2.61. The van der Waals surface area contributed by atoms with Gasteiger partial charge in [0.15, 0.2) is 6.04 Å². The van der Waals surface area contributed by atoms with Gasteiger partial charge in [-0.25, -0.2) is 4.84 Å². The highest BCUT2D eigenvalue weighted by Crippen LogP contribution is 1.92. The summed E-state index contributed by atoms with van der Waals surface area (Å²) in [5.74, 6) is -1.46. The first-order valence-corrected chi connectivity index (χ1v) is 2.61. The average molecular weight is 171 g/mol. The van der Waals surface area contributed by atoms with Crippen LogP contribution in [0.1, 0.15) is 0 Å². The number of nitrogens with one attached hydrogen (secondary N) is 1. The van der Waals surface area contributed by atoms with Crippen molar-refractivity contribution in [1.82, 2.24) is 5.48 Å². The molecule has 5 nitrogen and oxygen atoms in total. The molecule has 66 valence electrons. The van der Waals surface area contributed by atoms with Crippen LogP contribution in [0.25, 0.3) is 0 Å². The van der Waals surface area contributed by atoms with E-state index >= 15 is 0 Å². The number of rotatable bonds is 5. The number of aliphatic carboxylic acids is 1. The van der Waals surface area contributed by atoms with Crippen molar-refractivity contribution in [2.24, 2.45) is 0 Å². The number of hydrogen-bond acceptors (Lipinski definition) is 4. The smallest absolute Gasteiger partial charge is 0.360 e. The van der Waals surface area contributed by atoms with Crippen LogP contribution in [0, 0.1) is 0 Å². The van der Waals surface area contributed by atoms with Crippen LogP contribution in [0.2, 0.25) is 0 Å². The fourth-order valence-corrected chi connectivity index (χ4v) is 0.299. The minimum Gasteiger partial charge on any atom is -0.480 e. The lowest BCUT2D eigenvalue weighted by Crippen LogP contribution is -2.40. The van der Waals surface area contributed by atoms with E-state index in [0.717, 1.165) is 0 Å². The molecule has 7 heteroatoms. The predicted octanol–water partition coefficient (Wildman–Crippen LogP) is -0.824. The molecule has 0 aromatic rings. The third-order valence-electron chi connectivity index (χ3n) is 0.780. The van der Waals surface area contributed by atoms with Gasteiger partial charge in [0.05, 0.1) is 6.61 Å². The van der Waals surface area contributed by atoms with Crippen LogP contribution in [0.3, 0.4) is 0 Å². The fourth-order valence-electron chi connectivity index (χ4n) is 0.299. The third-order valence-corrected chi connectivity index (χ3v) is 0.780. The molecular weight excluding hydrogens is 164 g/mol. The summed E-state index contributed by atoms with van der Waals surface area (Å²) in [6.07, 6.45) is 0. The van der Waals surface area contributed by atoms with Crippen LogP contribution in [0.15, 0.2) is 0 Å². The summed E-state index contributed by atoms with van der Waals surface area (Å²) in [7, 11) is 0. The molecule has 0 saturated heterocycles. The summed E-state index contributed by atoms with van der Waals surface area (Å²) in [6.45, 7) is -3.93. The van der Waals surface area contributed by atoms with Gasteiger partial charge < -0.3 is 10.2 Å². The van der Waals surface area contributed by atoms with Gasteiger partial charge in [-0.2, -0.15) is 14.3 Å². The highest BCUT2D eigenvalue weighted by molar-refractivity contribution is 5.73.